The maximum Gasteiger partial charge on any atom is 0.299 e. The first-order chi connectivity index (χ1) is 7.60. The van der Waals surface area contributed by atoms with Crippen LogP contribution in [-0.2, 0) is 4.79 Å². The Bertz CT molecular complexity index is 332. The molecule has 0 bridgehead atoms. The Balaban J connectivity index is 0.000000385. The van der Waals surface area contributed by atoms with Crippen LogP contribution in [0.1, 0.15) is 6.92 Å². The lowest BCUT2D eigenvalue weighted by atomic mass is 10.5. The van der Waals surface area contributed by atoms with Gasteiger partial charge in [-0.3, -0.25) is 20.4 Å². The van der Waals surface area contributed by atoms with E-state index in [0.717, 1.165) is 11.8 Å². The van der Waals surface area contributed by atoms with E-state index in [1.54, 1.807) is 24.4 Å². The standard InChI is InChI=1S/C6H7N3OS.C2H6N2O/c7-9-6(10)11-5-3-1-2-4-8-5;1-2(5)4-3/h1-4H,7H2,(H,9,10);3H2,1H3,(H,4,5). The van der Waals surface area contributed by atoms with Crippen molar-refractivity contribution in [3.8, 4) is 0 Å². The summed E-state index contributed by atoms with van der Waals surface area (Å²) in [6.45, 7) is 1.35. The number of aromatic nitrogens is 1. The van der Waals surface area contributed by atoms with Gasteiger partial charge in [-0.25, -0.2) is 16.7 Å². The number of thioether (sulfide) groups is 1. The Morgan fingerprint density at radius 1 is 1.31 bits per heavy atom. The summed E-state index contributed by atoms with van der Waals surface area (Å²) in [6.07, 6.45) is 1.62. The van der Waals surface area contributed by atoms with Gasteiger partial charge < -0.3 is 0 Å². The van der Waals surface area contributed by atoms with Crippen molar-refractivity contribution in [2.75, 3.05) is 0 Å². The van der Waals surface area contributed by atoms with Crippen LogP contribution in [0.4, 0.5) is 4.79 Å². The van der Waals surface area contributed by atoms with Crippen LogP contribution in [0, 0.1) is 0 Å². The fourth-order valence-electron chi connectivity index (χ4n) is 0.532. The quantitative estimate of drug-likeness (QED) is 0.233. The molecule has 1 aromatic heterocycles. The predicted octanol–water partition coefficient (Wildman–Crippen LogP) is -0.247. The highest BCUT2D eigenvalue weighted by Crippen LogP contribution is 2.13. The number of carbonyl (C=O) groups is 2. The molecule has 0 aliphatic carbocycles. The summed E-state index contributed by atoms with van der Waals surface area (Å²) in [5.41, 5.74) is 3.89. The van der Waals surface area contributed by atoms with Crippen LogP contribution in [-0.4, -0.2) is 16.1 Å². The molecule has 6 N–H and O–H groups in total. The summed E-state index contributed by atoms with van der Waals surface area (Å²) in [7, 11) is 0. The lowest BCUT2D eigenvalue weighted by Crippen LogP contribution is -2.26. The smallest absolute Gasteiger partial charge is 0.295 e. The molecule has 0 saturated carbocycles. The van der Waals surface area contributed by atoms with Gasteiger partial charge in [0.1, 0.15) is 5.03 Å². The van der Waals surface area contributed by atoms with Crippen LogP contribution < -0.4 is 22.5 Å². The van der Waals surface area contributed by atoms with Gasteiger partial charge in [0.25, 0.3) is 5.24 Å². The maximum absolute atomic E-state index is 10.7. The van der Waals surface area contributed by atoms with Gasteiger partial charge in [-0.15, -0.1) is 0 Å². The molecule has 0 aromatic carbocycles. The fourth-order valence-corrected chi connectivity index (χ4v) is 1.04. The fraction of sp³-hybridized carbons (Fsp3) is 0.125. The van der Waals surface area contributed by atoms with Crippen molar-refractivity contribution >= 4 is 22.9 Å². The molecule has 0 saturated heterocycles. The van der Waals surface area contributed by atoms with Crippen molar-refractivity contribution in [2.24, 2.45) is 11.7 Å². The minimum atomic E-state index is -0.316. The van der Waals surface area contributed by atoms with Gasteiger partial charge in [0.05, 0.1) is 0 Å². The number of hydrazine groups is 2. The molecule has 0 unspecified atom stereocenters. The number of nitrogens with two attached hydrogens (primary N) is 2. The number of nitrogens with one attached hydrogen (secondary N) is 2. The SMILES string of the molecule is CC(=O)NN.NNC(=O)Sc1ccccn1. The number of carbonyl (C=O) groups excluding carboxylic acids is 2. The van der Waals surface area contributed by atoms with Gasteiger partial charge in [-0.1, -0.05) is 6.07 Å². The predicted molar refractivity (Wildman–Crippen MR) is 60.8 cm³/mol. The average molecular weight is 243 g/mol. The number of hydrogen-bond acceptors (Lipinski definition) is 6. The highest BCUT2D eigenvalue weighted by molar-refractivity contribution is 8.13. The molecule has 0 radical (unpaired) electrons. The Labute approximate surface area is 96.9 Å². The molecular weight excluding hydrogens is 230 g/mol. The lowest BCUT2D eigenvalue weighted by Gasteiger charge is -1.95. The van der Waals surface area contributed by atoms with Crippen LogP contribution >= 0.6 is 11.8 Å². The highest BCUT2D eigenvalue weighted by Gasteiger charge is 2.00. The van der Waals surface area contributed by atoms with Gasteiger partial charge in [0.15, 0.2) is 0 Å². The Morgan fingerprint density at radius 3 is 2.31 bits per heavy atom. The van der Waals surface area contributed by atoms with E-state index in [9.17, 15) is 9.59 Å². The van der Waals surface area contributed by atoms with E-state index < -0.39 is 0 Å². The average Bonchev–Trinajstić information content (AvgIpc) is 2.31. The molecule has 0 aliphatic rings. The second-order valence-corrected chi connectivity index (χ2v) is 3.40. The van der Waals surface area contributed by atoms with E-state index >= 15 is 0 Å². The Morgan fingerprint density at radius 2 is 1.94 bits per heavy atom. The third-order valence-electron chi connectivity index (χ3n) is 1.16. The van der Waals surface area contributed by atoms with Crippen molar-refractivity contribution in [1.29, 1.82) is 0 Å². The van der Waals surface area contributed by atoms with Crippen LogP contribution in [0.25, 0.3) is 0 Å². The van der Waals surface area contributed by atoms with Gasteiger partial charge >= 0.3 is 0 Å². The minimum Gasteiger partial charge on any atom is -0.295 e. The minimum absolute atomic E-state index is 0.218. The molecule has 2 amide bonds. The van der Waals surface area contributed by atoms with Crippen LogP contribution in [0.15, 0.2) is 29.4 Å². The van der Waals surface area contributed by atoms with Crippen molar-refractivity contribution in [3.05, 3.63) is 24.4 Å². The number of rotatable bonds is 1. The van der Waals surface area contributed by atoms with Crippen molar-refractivity contribution in [2.45, 2.75) is 11.9 Å². The molecule has 7 nitrogen and oxygen atoms in total. The van der Waals surface area contributed by atoms with E-state index in [-0.39, 0.29) is 11.1 Å². The largest absolute Gasteiger partial charge is 0.299 e. The molecule has 0 atom stereocenters. The summed E-state index contributed by atoms with van der Waals surface area (Å²) in [5, 5.41) is 0.319. The maximum atomic E-state index is 10.7. The van der Waals surface area contributed by atoms with Crippen molar-refractivity contribution in [1.82, 2.24) is 15.8 Å². The summed E-state index contributed by atoms with van der Waals surface area (Å²) >= 11 is 0.957. The second-order valence-electron chi connectivity index (χ2n) is 2.40. The molecule has 88 valence electrons. The van der Waals surface area contributed by atoms with E-state index in [2.05, 4.69) is 10.8 Å². The van der Waals surface area contributed by atoms with E-state index in [4.69, 9.17) is 5.84 Å². The van der Waals surface area contributed by atoms with E-state index in [0.29, 0.717) is 5.03 Å². The number of amides is 2. The first kappa shape index (κ1) is 14.4. The lowest BCUT2D eigenvalue weighted by molar-refractivity contribution is -0.119. The van der Waals surface area contributed by atoms with Crippen molar-refractivity contribution in [3.63, 3.8) is 0 Å². The molecule has 0 aliphatic heterocycles. The zero-order valence-corrected chi connectivity index (χ0v) is 9.45. The van der Waals surface area contributed by atoms with Crippen LogP contribution in [0.2, 0.25) is 0 Å². The molecule has 1 rings (SSSR count). The van der Waals surface area contributed by atoms with Crippen LogP contribution in [0.5, 0.6) is 0 Å². The molecular formula is C8H13N5O2S. The first-order valence-electron chi connectivity index (χ1n) is 4.16. The summed E-state index contributed by atoms with van der Waals surface area (Å²) in [4.78, 5) is 24.2. The number of pyridine rings is 1. The molecule has 16 heavy (non-hydrogen) atoms. The molecule has 0 fully saturated rings. The van der Waals surface area contributed by atoms with E-state index in [1.165, 1.54) is 6.92 Å². The normalized spacial score (nSPS) is 8.44. The van der Waals surface area contributed by atoms with Crippen LogP contribution in [0.3, 0.4) is 0 Å². The molecule has 0 spiro atoms. The third-order valence-corrected chi connectivity index (χ3v) is 1.91. The summed E-state index contributed by atoms with van der Waals surface area (Å²) in [6, 6.07) is 5.32. The van der Waals surface area contributed by atoms with Gasteiger partial charge in [0, 0.05) is 13.1 Å². The number of hydrogen-bond donors (Lipinski definition) is 4. The monoisotopic (exact) mass is 243 g/mol. The summed E-state index contributed by atoms with van der Waals surface area (Å²) < 4.78 is 0. The van der Waals surface area contributed by atoms with E-state index in [1.807, 2.05) is 10.9 Å². The van der Waals surface area contributed by atoms with Gasteiger partial charge in [-0.2, -0.15) is 0 Å². The van der Waals surface area contributed by atoms with Gasteiger partial charge in [0.2, 0.25) is 5.91 Å². The number of nitrogens with zero attached hydrogens (tertiary/aromatic N) is 1. The second kappa shape index (κ2) is 8.65. The molecule has 1 aromatic rings. The summed E-state index contributed by atoms with van der Waals surface area (Å²) in [5.74, 6) is 9.23. The molecule has 8 heteroatoms. The zero-order valence-electron chi connectivity index (χ0n) is 8.64. The van der Waals surface area contributed by atoms with Crippen molar-refractivity contribution < 1.29 is 9.59 Å². The molecule has 1 heterocycles. The Hall–Kier alpha value is -1.64. The topological polar surface area (TPSA) is 123 Å². The third kappa shape index (κ3) is 7.74. The highest BCUT2D eigenvalue weighted by atomic mass is 32.2. The first-order valence-corrected chi connectivity index (χ1v) is 4.98. The zero-order chi connectivity index (χ0) is 12.4. The van der Waals surface area contributed by atoms with Gasteiger partial charge in [-0.05, 0) is 23.9 Å². The Kier molecular flexibility index (Phi) is 7.76.